The Morgan fingerprint density at radius 2 is 2.06 bits per heavy atom. The predicted octanol–water partition coefficient (Wildman–Crippen LogP) is 0.995. The average molecular weight is 242 g/mol. The van der Waals surface area contributed by atoms with Crippen LogP contribution in [0.25, 0.3) is 0 Å². The van der Waals surface area contributed by atoms with E-state index in [1.165, 1.54) is 12.8 Å². The third-order valence-corrected chi connectivity index (χ3v) is 3.45. The van der Waals surface area contributed by atoms with Crippen molar-refractivity contribution in [3.8, 4) is 0 Å². The minimum atomic E-state index is 0.0465. The summed E-state index contributed by atoms with van der Waals surface area (Å²) in [5, 5.41) is 12.3. The van der Waals surface area contributed by atoms with Gasteiger partial charge in [0.2, 0.25) is 5.91 Å². The van der Waals surface area contributed by atoms with Crippen LogP contribution in [0.1, 0.15) is 39.5 Å². The summed E-state index contributed by atoms with van der Waals surface area (Å²) in [4.78, 5) is 13.9. The molecule has 1 rings (SSSR count). The number of aliphatic hydroxyl groups is 1. The van der Waals surface area contributed by atoms with Gasteiger partial charge in [-0.2, -0.15) is 0 Å². The highest BCUT2D eigenvalue weighted by Gasteiger charge is 2.23. The predicted molar refractivity (Wildman–Crippen MR) is 68.8 cm³/mol. The Hall–Kier alpha value is -0.610. The van der Waals surface area contributed by atoms with Crippen LogP contribution in [-0.4, -0.2) is 48.2 Å². The van der Waals surface area contributed by atoms with Crippen LogP contribution in [0.15, 0.2) is 0 Å². The fraction of sp³-hybridized carbons (Fsp3) is 0.923. The van der Waals surface area contributed by atoms with Crippen molar-refractivity contribution >= 4 is 5.91 Å². The van der Waals surface area contributed by atoms with Crippen LogP contribution < -0.4 is 5.32 Å². The molecule has 4 heteroatoms. The van der Waals surface area contributed by atoms with Crippen LogP contribution in [0, 0.1) is 5.92 Å². The number of hydrogen-bond acceptors (Lipinski definition) is 3. The summed E-state index contributed by atoms with van der Waals surface area (Å²) >= 11 is 0. The molecule has 17 heavy (non-hydrogen) atoms. The normalized spacial score (nSPS) is 15.3. The maximum atomic E-state index is 12.0. The highest BCUT2D eigenvalue weighted by Crippen LogP contribution is 2.27. The Morgan fingerprint density at radius 3 is 2.53 bits per heavy atom. The Labute approximate surface area is 104 Å². The monoisotopic (exact) mass is 242 g/mol. The van der Waals surface area contributed by atoms with Crippen molar-refractivity contribution in [2.24, 2.45) is 5.92 Å². The van der Waals surface area contributed by atoms with E-state index in [1.54, 1.807) is 0 Å². The van der Waals surface area contributed by atoms with E-state index in [1.807, 2.05) is 4.90 Å². The second-order valence-electron chi connectivity index (χ2n) is 4.86. The zero-order chi connectivity index (χ0) is 12.7. The summed E-state index contributed by atoms with van der Waals surface area (Å²) in [6.07, 6.45) is 4.50. The summed E-state index contributed by atoms with van der Waals surface area (Å²) in [6.45, 7) is 6.04. The van der Waals surface area contributed by atoms with Gasteiger partial charge < -0.3 is 15.3 Å². The topological polar surface area (TPSA) is 52.6 Å². The van der Waals surface area contributed by atoms with Crippen LogP contribution >= 0.6 is 0 Å². The third-order valence-electron chi connectivity index (χ3n) is 3.45. The molecule has 0 bridgehead atoms. The van der Waals surface area contributed by atoms with E-state index in [0.717, 1.165) is 25.3 Å². The van der Waals surface area contributed by atoms with Gasteiger partial charge in [0, 0.05) is 12.6 Å². The first kappa shape index (κ1) is 14.5. The van der Waals surface area contributed by atoms with Crippen molar-refractivity contribution in [3.63, 3.8) is 0 Å². The van der Waals surface area contributed by atoms with E-state index in [0.29, 0.717) is 13.1 Å². The molecule has 2 N–H and O–H groups in total. The molecule has 1 aliphatic rings. The Balaban J connectivity index is 2.34. The molecule has 1 saturated carbocycles. The van der Waals surface area contributed by atoms with E-state index < -0.39 is 0 Å². The number of rotatable bonds is 9. The summed E-state index contributed by atoms with van der Waals surface area (Å²) in [5.74, 6) is 0.913. The molecule has 0 aromatic carbocycles. The average Bonchev–Trinajstić information content (AvgIpc) is 3.13. The Morgan fingerprint density at radius 1 is 1.41 bits per heavy atom. The first-order valence-electron chi connectivity index (χ1n) is 6.83. The maximum Gasteiger partial charge on any atom is 0.236 e. The van der Waals surface area contributed by atoms with Gasteiger partial charge in [-0.1, -0.05) is 13.8 Å². The van der Waals surface area contributed by atoms with Gasteiger partial charge in [-0.05, 0) is 38.1 Å². The molecule has 0 heterocycles. The maximum absolute atomic E-state index is 12.0. The van der Waals surface area contributed by atoms with Crippen LogP contribution in [0.4, 0.5) is 0 Å². The molecule has 0 spiro atoms. The van der Waals surface area contributed by atoms with E-state index in [2.05, 4.69) is 19.2 Å². The number of nitrogens with zero attached hydrogens (tertiary/aromatic N) is 1. The van der Waals surface area contributed by atoms with Crippen LogP contribution in [-0.2, 0) is 4.79 Å². The highest BCUT2D eigenvalue weighted by atomic mass is 16.3. The lowest BCUT2D eigenvalue weighted by molar-refractivity contribution is -0.133. The molecule has 0 atom stereocenters. The zero-order valence-corrected chi connectivity index (χ0v) is 11.1. The first-order valence-corrected chi connectivity index (χ1v) is 6.83. The molecule has 0 aromatic heterocycles. The Bertz CT molecular complexity index is 225. The van der Waals surface area contributed by atoms with Gasteiger partial charge in [-0.25, -0.2) is 0 Å². The Kier molecular flexibility index (Phi) is 6.52. The number of amides is 1. The van der Waals surface area contributed by atoms with Gasteiger partial charge in [0.1, 0.15) is 0 Å². The molecule has 1 aliphatic carbocycles. The molecule has 1 amide bonds. The van der Waals surface area contributed by atoms with E-state index >= 15 is 0 Å². The van der Waals surface area contributed by atoms with E-state index in [-0.39, 0.29) is 18.6 Å². The molecule has 100 valence electrons. The van der Waals surface area contributed by atoms with Crippen LogP contribution in [0.2, 0.25) is 0 Å². The summed E-state index contributed by atoms with van der Waals surface area (Å²) < 4.78 is 0. The lowest BCUT2D eigenvalue weighted by Gasteiger charge is -2.30. The number of carbonyl (C=O) groups excluding carboxylic acids is 1. The van der Waals surface area contributed by atoms with Crippen molar-refractivity contribution in [1.82, 2.24) is 10.2 Å². The van der Waals surface area contributed by atoms with Gasteiger partial charge in [0.25, 0.3) is 0 Å². The number of carbonyl (C=O) groups is 1. The van der Waals surface area contributed by atoms with Crippen LogP contribution in [0.3, 0.4) is 0 Å². The highest BCUT2D eigenvalue weighted by molar-refractivity contribution is 5.78. The van der Waals surface area contributed by atoms with Gasteiger partial charge >= 0.3 is 0 Å². The van der Waals surface area contributed by atoms with Crippen molar-refractivity contribution in [3.05, 3.63) is 0 Å². The van der Waals surface area contributed by atoms with Gasteiger partial charge in [0.05, 0.1) is 13.2 Å². The standard InChI is InChI=1S/C13H26N2O2/c1-3-12(4-2)15(7-8-16)13(17)10-14-9-11-5-6-11/h11-12,14,16H,3-10H2,1-2H3. The summed E-state index contributed by atoms with van der Waals surface area (Å²) in [6, 6.07) is 0.261. The summed E-state index contributed by atoms with van der Waals surface area (Å²) in [7, 11) is 0. The molecule has 0 unspecified atom stereocenters. The second kappa shape index (κ2) is 7.67. The van der Waals surface area contributed by atoms with Gasteiger partial charge in [0.15, 0.2) is 0 Å². The minimum Gasteiger partial charge on any atom is -0.395 e. The third kappa shape index (κ3) is 5.04. The minimum absolute atomic E-state index is 0.0465. The lowest BCUT2D eigenvalue weighted by atomic mass is 10.1. The number of aliphatic hydroxyl groups excluding tert-OH is 1. The van der Waals surface area contributed by atoms with Crippen molar-refractivity contribution in [1.29, 1.82) is 0 Å². The molecule has 0 aliphatic heterocycles. The second-order valence-corrected chi connectivity index (χ2v) is 4.86. The van der Waals surface area contributed by atoms with Gasteiger partial charge in [-0.15, -0.1) is 0 Å². The molecular weight excluding hydrogens is 216 g/mol. The number of nitrogens with one attached hydrogen (secondary N) is 1. The summed E-state index contributed by atoms with van der Waals surface area (Å²) in [5.41, 5.74) is 0. The fourth-order valence-electron chi connectivity index (χ4n) is 2.15. The van der Waals surface area contributed by atoms with Crippen molar-refractivity contribution in [2.75, 3.05) is 26.2 Å². The van der Waals surface area contributed by atoms with E-state index in [4.69, 9.17) is 5.11 Å². The number of hydrogen-bond donors (Lipinski definition) is 2. The van der Waals surface area contributed by atoms with Crippen LogP contribution in [0.5, 0.6) is 0 Å². The first-order chi connectivity index (χ1) is 8.22. The van der Waals surface area contributed by atoms with Crippen molar-refractivity contribution < 1.29 is 9.90 Å². The lowest BCUT2D eigenvalue weighted by Crippen LogP contribution is -2.45. The molecule has 0 radical (unpaired) electrons. The van der Waals surface area contributed by atoms with Gasteiger partial charge in [-0.3, -0.25) is 4.79 Å². The quantitative estimate of drug-likeness (QED) is 0.634. The largest absolute Gasteiger partial charge is 0.395 e. The zero-order valence-electron chi connectivity index (χ0n) is 11.1. The molecule has 0 saturated heterocycles. The fourth-order valence-corrected chi connectivity index (χ4v) is 2.15. The van der Waals surface area contributed by atoms with E-state index in [9.17, 15) is 4.79 Å². The van der Waals surface area contributed by atoms with Crippen molar-refractivity contribution in [2.45, 2.75) is 45.6 Å². The molecular formula is C13H26N2O2. The molecule has 0 aromatic rings. The molecule has 1 fully saturated rings. The molecule has 4 nitrogen and oxygen atoms in total. The smallest absolute Gasteiger partial charge is 0.236 e. The SMILES string of the molecule is CCC(CC)N(CCO)C(=O)CNCC1CC1.